The molecule has 0 heterocycles. The summed E-state index contributed by atoms with van der Waals surface area (Å²) >= 11 is 0. The lowest BCUT2D eigenvalue weighted by molar-refractivity contribution is 0.260. The zero-order valence-electron chi connectivity index (χ0n) is 6.73. The molecule has 2 nitrogen and oxygen atoms in total. The third kappa shape index (κ3) is 1.95. The lowest BCUT2D eigenvalue weighted by atomic mass is 9.79. The van der Waals surface area contributed by atoms with E-state index in [1.807, 2.05) is 13.8 Å². The molecule has 0 aromatic heterocycles. The first kappa shape index (κ1) is 8.92. The van der Waals surface area contributed by atoms with E-state index in [1.54, 1.807) is 0 Å². The normalized spacial score (nSPS) is 13.3. The fraction of sp³-hybridized carbons (Fsp3) is 0.857. The predicted octanol–water partition coefficient (Wildman–Crippen LogP) is 1.08. The summed E-state index contributed by atoms with van der Waals surface area (Å²) in [6, 6.07) is 0. The van der Waals surface area contributed by atoms with Gasteiger partial charge in [0.15, 0.2) is 0 Å². The molecular formula is C7H17N2. The summed E-state index contributed by atoms with van der Waals surface area (Å²) in [5.74, 6) is 0.502. The van der Waals surface area contributed by atoms with Gasteiger partial charge in [-0.1, -0.05) is 27.7 Å². The SMILES string of the molecule is CC(C)C(C)(C)[C](N)N. The summed E-state index contributed by atoms with van der Waals surface area (Å²) in [4.78, 5) is 0. The van der Waals surface area contributed by atoms with Gasteiger partial charge in [0.05, 0.1) is 0 Å². The zero-order valence-corrected chi connectivity index (χ0v) is 6.73. The lowest BCUT2D eigenvalue weighted by Crippen LogP contribution is -2.39. The monoisotopic (exact) mass is 129 g/mol. The summed E-state index contributed by atoms with van der Waals surface area (Å²) in [6.07, 6.45) is 0.525. The molecule has 0 atom stereocenters. The molecule has 0 aliphatic rings. The second kappa shape index (κ2) is 2.67. The average molecular weight is 129 g/mol. The van der Waals surface area contributed by atoms with Crippen molar-refractivity contribution in [3.05, 3.63) is 6.17 Å². The average Bonchev–Trinajstić information content (AvgIpc) is 1.65. The van der Waals surface area contributed by atoms with E-state index in [9.17, 15) is 0 Å². The van der Waals surface area contributed by atoms with Crippen LogP contribution < -0.4 is 11.5 Å². The number of hydrogen-bond donors (Lipinski definition) is 2. The Morgan fingerprint density at radius 3 is 1.56 bits per heavy atom. The van der Waals surface area contributed by atoms with Crippen molar-refractivity contribution in [1.29, 1.82) is 0 Å². The Balaban J connectivity index is 4.01. The minimum Gasteiger partial charge on any atom is -0.310 e. The Morgan fingerprint density at radius 1 is 1.22 bits per heavy atom. The highest BCUT2D eigenvalue weighted by Crippen LogP contribution is 2.29. The number of hydrogen-bond acceptors (Lipinski definition) is 2. The standard InChI is InChI=1S/C7H17N2/c1-5(2)7(3,4)6(8)9/h5H,8-9H2,1-4H3. The Hall–Kier alpha value is -0.0800. The van der Waals surface area contributed by atoms with Crippen molar-refractivity contribution in [3.63, 3.8) is 0 Å². The fourth-order valence-corrected chi connectivity index (χ4v) is 0.333. The van der Waals surface area contributed by atoms with Crippen molar-refractivity contribution in [2.75, 3.05) is 0 Å². The van der Waals surface area contributed by atoms with Gasteiger partial charge in [-0.15, -0.1) is 0 Å². The fourth-order valence-electron chi connectivity index (χ4n) is 0.333. The molecule has 0 spiro atoms. The van der Waals surface area contributed by atoms with Crippen molar-refractivity contribution in [1.82, 2.24) is 0 Å². The van der Waals surface area contributed by atoms with Crippen LogP contribution in [0.15, 0.2) is 0 Å². The van der Waals surface area contributed by atoms with E-state index >= 15 is 0 Å². The molecule has 0 amide bonds. The summed E-state index contributed by atoms with van der Waals surface area (Å²) in [5.41, 5.74) is 10.9. The third-order valence-corrected chi connectivity index (χ3v) is 2.19. The minimum atomic E-state index is -0.0278. The summed E-state index contributed by atoms with van der Waals surface area (Å²) in [5, 5.41) is 0. The van der Waals surface area contributed by atoms with E-state index in [2.05, 4.69) is 13.8 Å². The van der Waals surface area contributed by atoms with Crippen LogP contribution in [0.5, 0.6) is 0 Å². The van der Waals surface area contributed by atoms with Gasteiger partial charge in [-0.3, -0.25) is 0 Å². The van der Waals surface area contributed by atoms with Crippen LogP contribution in [-0.2, 0) is 0 Å². The number of rotatable bonds is 2. The van der Waals surface area contributed by atoms with Crippen LogP contribution in [0.2, 0.25) is 0 Å². The Labute approximate surface area is 57.6 Å². The van der Waals surface area contributed by atoms with Gasteiger partial charge in [-0.25, -0.2) is 0 Å². The minimum absolute atomic E-state index is 0.0278. The van der Waals surface area contributed by atoms with Crippen LogP contribution >= 0.6 is 0 Å². The molecule has 0 bridgehead atoms. The molecule has 0 aromatic rings. The quantitative estimate of drug-likeness (QED) is 0.586. The maximum absolute atomic E-state index is 5.47. The zero-order chi connectivity index (χ0) is 7.65. The molecule has 0 unspecified atom stereocenters. The summed E-state index contributed by atoms with van der Waals surface area (Å²) in [7, 11) is 0. The van der Waals surface area contributed by atoms with Gasteiger partial charge in [-0.05, 0) is 5.92 Å². The van der Waals surface area contributed by atoms with Crippen LogP contribution in [0.3, 0.4) is 0 Å². The molecule has 55 valence electrons. The maximum Gasteiger partial charge on any atom is 0.102 e. The second-order valence-electron chi connectivity index (χ2n) is 3.33. The molecule has 0 aliphatic heterocycles. The molecule has 0 rings (SSSR count). The smallest absolute Gasteiger partial charge is 0.102 e. The highest BCUT2D eigenvalue weighted by atomic mass is 14.9. The van der Waals surface area contributed by atoms with Gasteiger partial charge in [-0.2, -0.15) is 0 Å². The van der Waals surface area contributed by atoms with Crippen LogP contribution in [-0.4, -0.2) is 0 Å². The van der Waals surface area contributed by atoms with Gasteiger partial charge in [0, 0.05) is 5.41 Å². The van der Waals surface area contributed by atoms with E-state index in [0.717, 1.165) is 0 Å². The molecule has 0 aromatic carbocycles. The first-order valence-corrected chi connectivity index (χ1v) is 3.27. The largest absolute Gasteiger partial charge is 0.310 e. The molecule has 2 heteroatoms. The Kier molecular flexibility index (Phi) is 2.65. The molecular weight excluding hydrogens is 112 g/mol. The van der Waals surface area contributed by atoms with Crippen LogP contribution in [0.25, 0.3) is 0 Å². The van der Waals surface area contributed by atoms with E-state index in [0.29, 0.717) is 12.1 Å². The number of nitrogens with two attached hydrogens (primary N) is 2. The van der Waals surface area contributed by atoms with Crippen LogP contribution in [0, 0.1) is 17.5 Å². The maximum atomic E-state index is 5.47. The van der Waals surface area contributed by atoms with E-state index in [-0.39, 0.29) is 5.41 Å². The topological polar surface area (TPSA) is 52.0 Å². The lowest BCUT2D eigenvalue weighted by Gasteiger charge is -2.31. The van der Waals surface area contributed by atoms with Crippen LogP contribution in [0.1, 0.15) is 27.7 Å². The first-order valence-electron chi connectivity index (χ1n) is 3.27. The van der Waals surface area contributed by atoms with Crippen molar-refractivity contribution in [2.45, 2.75) is 27.7 Å². The Morgan fingerprint density at radius 2 is 1.56 bits per heavy atom. The summed E-state index contributed by atoms with van der Waals surface area (Å²) < 4.78 is 0. The molecule has 1 radical (unpaired) electrons. The molecule has 0 fully saturated rings. The molecule has 0 saturated heterocycles. The first-order chi connectivity index (χ1) is 3.89. The van der Waals surface area contributed by atoms with Crippen molar-refractivity contribution < 1.29 is 0 Å². The third-order valence-electron chi connectivity index (χ3n) is 2.19. The molecule has 4 N–H and O–H groups in total. The molecule has 9 heavy (non-hydrogen) atoms. The van der Waals surface area contributed by atoms with Crippen molar-refractivity contribution in [3.8, 4) is 0 Å². The van der Waals surface area contributed by atoms with Gasteiger partial charge in [0.25, 0.3) is 0 Å². The van der Waals surface area contributed by atoms with E-state index < -0.39 is 0 Å². The summed E-state index contributed by atoms with van der Waals surface area (Å²) in [6.45, 7) is 8.32. The van der Waals surface area contributed by atoms with Gasteiger partial charge >= 0.3 is 0 Å². The van der Waals surface area contributed by atoms with E-state index in [4.69, 9.17) is 11.5 Å². The predicted molar refractivity (Wildman–Crippen MR) is 40.2 cm³/mol. The Bertz CT molecular complexity index is 74.9. The van der Waals surface area contributed by atoms with Crippen molar-refractivity contribution >= 4 is 0 Å². The van der Waals surface area contributed by atoms with Crippen LogP contribution in [0.4, 0.5) is 0 Å². The van der Waals surface area contributed by atoms with Gasteiger partial charge in [0.1, 0.15) is 6.17 Å². The van der Waals surface area contributed by atoms with Gasteiger partial charge < -0.3 is 11.5 Å². The van der Waals surface area contributed by atoms with Gasteiger partial charge in [0.2, 0.25) is 0 Å². The highest BCUT2D eigenvalue weighted by Gasteiger charge is 2.27. The molecule has 0 aliphatic carbocycles. The molecule has 0 saturated carbocycles. The van der Waals surface area contributed by atoms with E-state index in [1.165, 1.54) is 0 Å². The highest BCUT2D eigenvalue weighted by molar-refractivity contribution is 4.93. The van der Waals surface area contributed by atoms with Crippen molar-refractivity contribution in [2.24, 2.45) is 22.8 Å². The second-order valence-corrected chi connectivity index (χ2v) is 3.33.